The van der Waals surface area contributed by atoms with Crippen molar-refractivity contribution in [2.45, 2.75) is 0 Å². The van der Waals surface area contributed by atoms with Gasteiger partial charge >= 0.3 is 0 Å². The first-order valence-corrected chi connectivity index (χ1v) is 21.0. The van der Waals surface area contributed by atoms with Crippen molar-refractivity contribution in [3.05, 3.63) is 249 Å². The molecule has 11 rings (SSSR count). The van der Waals surface area contributed by atoms with Crippen LogP contribution in [0.15, 0.2) is 249 Å². The van der Waals surface area contributed by atoms with Crippen LogP contribution in [0.25, 0.3) is 88.0 Å². The Morgan fingerprint density at radius 2 is 0.689 bits per heavy atom. The number of nitrogens with zero attached hydrogens (tertiary/aromatic N) is 1. The summed E-state index contributed by atoms with van der Waals surface area (Å²) < 4.78 is 0. The first kappa shape index (κ1) is 36.1. The maximum absolute atomic E-state index is 2.39. The summed E-state index contributed by atoms with van der Waals surface area (Å²) in [7, 11) is 0. The molecule has 0 aromatic heterocycles. The number of hydrogen-bond acceptors (Lipinski definition) is 1. The Labute approximate surface area is 357 Å². The van der Waals surface area contributed by atoms with Crippen LogP contribution in [0.5, 0.6) is 0 Å². The molecule has 0 fully saturated rings. The third kappa shape index (κ3) is 6.83. The molecule has 286 valence electrons. The molecule has 0 saturated heterocycles. The molecule has 1 heteroatoms. The summed E-state index contributed by atoms with van der Waals surface area (Å²) in [6.45, 7) is 0. The van der Waals surface area contributed by atoms with Crippen molar-refractivity contribution in [1.29, 1.82) is 0 Å². The number of fused-ring (bicyclic) bond motifs is 4. The molecule has 0 unspecified atom stereocenters. The van der Waals surface area contributed by atoms with Crippen LogP contribution in [0.4, 0.5) is 17.1 Å². The fraction of sp³-hybridized carbons (Fsp3) is 0. The molecule has 0 saturated carbocycles. The Bertz CT molecular complexity index is 3330. The van der Waals surface area contributed by atoms with Crippen molar-refractivity contribution >= 4 is 49.4 Å². The smallest absolute Gasteiger partial charge is 0.0468 e. The van der Waals surface area contributed by atoms with E-state index in [2.05, 4.69) is 254 Å². The van der Waals surface area contributed by atoms with E-state index in [-0.39, 0.29) is 0 Å². The van der Waals surface area contributed by atoms with Gasteiger partial charge in [0.15, 0.2) is 0 Å². The predicted octanol–water partition coefficient (Wildman–Crippen LogP) is 17.0. The molecule has 11 aromatic rings. The minimum atomic E-state index is 1.09. The van der Waals surface area contributed by atoms with Gasteiger partial charge in [0, 0.05) is 17.1 Å². The Morgan fingerprint density at radius 3 is 1.41 bits per heavy atom. The third-order valence-electron chi connectivity index (χ3n) is 12.1. The lowest BCUT2D eigenvalue weighted by molar-refractivity contribution is 1.28. The molecule has 0 heterocycles. The molecule has 0 atom stereocenters. The molecule has 0 aliphatic heterocycles. The lowest BCUT2D eigenvalue weighted by atomic mass is 9.91. The van der Waals surface area contributed by atoms with Gasteiger partial charge in [0.05, 0.1) is 0 Å². The number of hydrogen-bond donors (Lipinski definition) is 0. The summed E-state index contributed by atoms with van der Waals surface area (Å²) in [6, 6.07) is 90.5. The standard InChI is InChI=1S/C60H41N/c1-3-15-42(16-4-1)47-22-13-23-48(39-47)56-38-37-52(41-60(56)44-17-5-2-6-18-44)61(50-33-29-45(30-34-50)54-28-14-21-43-19-7-9-24-53(43)54)51-35-31-46(32-36-51)59-40-49-20-8-10-25-55(49)57-26-11-12-27-58(57)59/h1-41H. The van der Waals surface area contributed by atoms with E-state index in [4.69, 9.17) is 0 Å². The zero-order valence-corrected chi connectivity index (χ0v) is 33.6. The largest absolute Gasteiger partial charge is 0.310 e. The number of benzene rings is 11. The van der Waals surface area contributed by atoms with Crippen molar-refractivity contribution in [2.24, 2.45) is 0 Å². The molecule has 61 heavy (non-hydrogen) atoms. The highest BCUT2D eigenvalue weighted by atomic mass is 15.1. The van der Waals surface area contributed by atoms with Crippen molar-refractivity contribution in [3.8, 4) is 55.6 Å². The Hall–Kier alpha value is -8.00. The number of rotatable bonds is 8. The number of anilines is 3. The summed E-state index contributed by atoms with van der Waals surface area (Å²) in [4.78, 5) is 2.39. The van der Waals surface area contributed by atoms with Crippen LogP contribution in [0.2, 0.25) is 0 Å². The normalized spacial score (nSPS) is 11.3. The van der Waals surface area contributed by atoms with E-state index in [0.29, 0.717) is 0 Å². The van der Waals surface area contributed by atoms with E-state index in [1.807, 2.05) is 0 Å². The maximum atomic E-state index is 2.39. The molecule has 0 spiro atoms. The van der Waals surface area contributed by atoms with Crippen LogP contribution in [0.1, 0.15) is 0 Å². The maximum Gasteiger partial charge on any atom is 0.0468 e. The van der Waals surface area contributed by atoms with Crippen molar-refractivity contribution in [2.75, 3.05) is 4.90 Å². The van der Waals surface area contributed by atoms with Crippen LogP contribution in [-0.4, -0.2) is 0 Å². The van der Waals surface area contributed by atoms with Crippen molar-refractivity contribution in [1.82, 2.24) is 0 Å². The summed E-state index contributed by atoms with van der Waals surface area (Å²) in [5.41, 5.74) is 15.3. The van der Waals surface area contributed by atoms with Gasteiger partial charge in [-0.25, -0.2) is 0 Å². The first-order chi connectivity index (χ1) is 30.2. The van der Waals surface area contributed by atoms with Crippen molar-refractivity contribution in [3.63, 3.8) is 0 Å². The van der Waals surface area contributed by atoms with Crippen LogP contribution in [0.3, 0.4) is 0 Å². The Morgan fingerprint density at radius 1 is 0.197 bits per heavy atom. The molecular formula is C60H41N. The average Bonchev–Trinajstić information content (AvgIpc) is 3.35. The SMILES string of the molecule is c1ccc(-c2cccc(-c3ccc(N(c4ccc(-c5cccc6ccccc56)cc4)c4ccc(-c5cc6ccccc6c6ccccc56)cc4)cc3-c3ccccc3)c2)cc1. The van der Waals surface area contributed by atoms with Crippen molar-refractivity contribution < 1.29 is 0 Å². The van der Waals surface area contributed by atoms with Crippen LogP contribution in [0, 0.1) is 0 Å². The van der Waals surface area contributed by atoms with Gasteiger partial charge in [0.1, 0.15) is 0 Å². The molecule has 0 aliphatic rings. The van der Waals surface area contributed by atoms with E-state index >= 15 is 0 Å². The zero-order chi connectivity index (χ0) is 40.5. The second-order valence-electron chi connectivity index (χ2n) is 15.7. The fourth-order valence-corrected chi connectivity index (χ4v) is 9.07. The van der Waals surface area contributed by atoms with E-state index in [1.54, 1.807) is 0 Å². The summed E-state index contributed by atoms with van der Waals surface area (Å²) in [5.74, 6) is 0. The van der Waals surface area contributed by atoms with E-state index in [9.17, 15) is 0 Å². The zero-order valence-electron chi connectivity index (χ0n) is 33.6. The van der Waals surface area contributed by atoms with Gasteiger partial charge < -0.3 is 4.90 Å². The van der Waals surface area contributed by atoms with Gasteiger partial charge in [-0.2, -0.15) is 0 Å². The first-order valence-electron chi connectivity index (χ1n) is 21.0. The van der Waals surface area contributed by atoms with Gasteiger partial charge in [-0.1, -0.05) is 200 Å². The molecule has 0 bridgehead atoms. The van der Waals surface area contributed by atoms with E-state index in [1.165, 1.54) is 88.0 Å². The second kappa shape index (κ2) is 15.6. The molecule has 11 aromatic carbocycles. The van der Waals surface area contributed by atoms with Gasteiger partial charge in [-0.3, -0.25) is 0 Å². The van der Waals surface area contributed by atoms with Crippen LogP contribution < -0.4 is 4.90 Å². The highest BCUT2D eigenvalue weighted by Gasteiger charge is 2.18. The minimum absolute atomic E-state index is 1.09. The van der Waals surface area contributed by atoms with Gasteiger partial charge in [-0.05, 0) is 136 Å². The monoisotopic (exact) mass is 775 g/mol. The quantitative estimate of drug-likeness (QED) is 0.139. The lowest BCUT2D eigenvalue weighted by Gasteiger charge is -2.27. The molecule has 0 N–H and O–H groups in total. The Kier molecular flexibility index (Phi) is 9.26. The summed E-state index contributed by atoms with van der Waals surface area (Å²) in [5, 5.41) is 7.56. The molecular weight excluding hydrogens is 735 g/mol. The highest BCUT2D eigenvalue weighted by molar-refractivity contribution is 6.13. The topological polar surface area (TPSA) is 3.24 Å². The Balaban J connectivity index is 1.06. The van der Waals surface area contributed by atoms with Gasteiger partial charge in [-0.15, -0.1) is 0 Å². The summed E-state index contributed by atoms with van der Waals surface area (Å²) >= 11 is 0. The van der Waals surface area contributed by atoms with E-state index < -0.39 is 0 Å². The van der Waals surface area contributed by atoms with Crippen LogP contribution in [-0.2, 0) is 0 Å². The third-order valence-corrected chi connectivity index (χ3v) is 12.1. The molecule has 1 nitrogen and oxygen atoms in total. The molecule has 0 radical (unpaired) electrons. The predicted molar refractivity (Wildman–Crippen MR) is 261 cm³/mol. The molecule has 0 aliphatic carbocycles. The fourth-order valence-electron chi connectivity index (χ4n) is 9.07. The van der Waals surface area contributed by atoms with E-state index in [0.717, 1.165) is 17.1 Å². The highest BCUT2D eigenvalue weighted by Crippen LogP contribution is 2.43. The lowest BCUT2D eigenvalue weighted by Crippen LogP contribution is -2.10. The second-order valence-corrected chi connectivity index (χ2v) is 15.7. The summed E-state index contributed by atoms with van der Waals surface area (Å²) in [6.07, 6.45) is 0. The van der Waals surface area contributed by atoms with Gasteiger partial charge in [0.2, 0.25) is 0 Å². The van der Waals surface area contributed by atoms with Gasteiger partial charge in [0.25, 0.3) is 0 Å². The molecule has 0 amide bonds. The average molecular weight is 776 g/mol. The minimum Gasteiger partial charge on any atom is -0.310 e. The van der Waals surface area contributed by atoms with Crippen LogP contribution >= 0.6 is 0 Å².